The molecule has 24 heavy (non-hydrogen) atoms. The highest BCUT2D eigenvalue weighted by atomic mass is 16.5. The molecule has 8 nitrogen and oxygen atoms in total. The molecule has 1 fully saturated rings. The van der Waals surface area contributed by atoms with Gasteiger partial charge in [-0.1, -0.05) is 35.4 Å². The fourth-order valence-corrected chi connectivity index (χ4v) is 2.45. The summed E-state index contributed by atoms with van der Waals surface area (Å²) in [6.07, 6.45) is 0.531. The summed E-state index contributed by atoms with van der Waals surface area (Å²) in [6, 6.07) is 8.57. The van der Waals surface area contributed by atoms with Crippen LogP contribution in [0.4, 0.5) is 4.79 Å². The highest BCUT2D eigenvalue weighted by molar-refractivity contribution is 5.81. The SMILES string of the molecule is CCOC(=O)C1([C@@H](CNC(=O)OCc2ccccc2)N=[N+]=[N-])CC1. The molecule has 1 amide bonds. The lowest BCUT2D eigenvalue weighted by Crippen LogP contribution is -2.40. The van der Waals surface area contributed by atoms with Crippen molar-refractivity contribution in [2.45, 2.75) is 32.4 Å². The predicted octanol–water partition coefficient (Wildman–Crippen LogP) is 2.94. The third-order valence-corrected chi connectivity index (χ3v) is 3.95. The smallest absolute Gasteiger partial charge is 0.407 e. The largest absolute Gasteiger partial charge is 0.466 e. The number of amides is 1. The second kappa shape index (κ2) is 8.21. The first-order chi connectivity index (χ1) is 11.6. The van der Waals surface area contributed by atoms with Gasteiger partial charge in [-0.05, 0) is 30.9 Å². The maximum atomic E-state index is 12.0. The van der Waals surface area contributed by atoms with E-state index in [4.69, 9.17) is 15.0 Å². The molecule has 0 aliphatic heterocycles. The lowest BCUT2D eigenvalue weighted by Gasteiger charge is -2.21. The van der Waals surface area contributed by atoms with Crippen molar-refractivity contribution in [1.82, 2.24) is 5.32 Å². The molecule has 1 aromatic carbocycles. The number of alkyl carbamates (subject to hydrolysis) is 1. The lowest BCUT2D eigenvalue weighted by atomic mass is 9.97. The summed E-state index contributed by atoms with van der Waals surface area (Å²) in [7, 11) is 0. The van der Waals surface area contributed by atoms with Crippen LogP contribution >= 0.6 is 0 Å². The summed E-state index contributed by atoms with van der Waals surface area (Å²) in [5.41, 5.74) is 8.76. The molecule has 0 spiro atoms. The minimum absolute atomic E-state index is 0.0243. The van der Waals surface area contributed by atoms with E-state index in [1.54, 1.807) is 6.92 Å². The van der Waals surface area contributed by atoms with E-state index in [1.807, 2.05) is 30.3 Å². The van der Waals surface area contributed by atoms with Gasteiger partial charge in [0.15, 0.2) is 0 Å². The predicted molar refractivity (Wildman–Crippen MR) is 85.9 cm³/mol. The van der Waals surface area contributed by atoms with E-state index >= 15 is 0 Å². The zero-order valence-corrected chi connectivity index (χ0v) is 13.5. The van der Waals surface area contributed by atoms with E-state index in [2.05, 4.69) is 15.3 Å². The summed E-state index contributed by atoms with van der Waals surface area (Å²) in [5.74, 6) is -0.387. The van der Waals surface area contributed by atoms with Crippen molar-refractivity contribution in [2.75, 3.05) is 13.2 Å². The summed E-state index contributed by atoms with van der Waals surface area (Å²) in [4.78, 5) is 26.6. The average Bonchev–Trinajstić information content (AvgIpc) is 3.40. The van der Waals surface area contributed by atoms with Crippen LogP contribution in [-0.4, -0.2) is 31.3 Å². The van der Waals surface area contributed by atoms with E-state index < -0.39 is 17.6 Å². The number of carbonyl (C=O) groups is 2. The van der Waals surface area contributed by atoms with Crippen LogP contribution in [0, 0.1) is 5.41 Å². The third-order valence-electron chi connectivity index (χ3n) is 3.95. The van der Waals surface area contributed by atoms with Gasteiger partial charge >= 0.3 is 12.1 Å². The van der Waals surface area contributed by atoms with E-state index in [9.17, 15) is 9.59 Å². The van der Waals surface area contributed by atoms with Crippen LogP contribution in [0.2, 0.25) is 0 Å². The molecule has 0 bridgehead atoms. The first-order valence-corrected chi connectivity index (χ1v) is 7.78. The Kier molecular flexibility index (Phi) is 6.03. The van der Waals surface area contributed by atoms with Gasteiger partial charge in [0.2, 0.25) is 0 Å². The van der Waals surface area contributed by atoms with Gasteiger partial charge in [-0.3, -0.25) is 4.79 Å². The molecule has 0 saturated heterocycles. The molecule has 1 saturated carbocycles. The van der Waals surface area contributed by atoms with Crippen molar-refractivity contribution < 1.29 is 19.1 Å². The number of azide groups is 1. The summed E-state index contributed by atoms with van der Waals surface area (Å²) >= 11 is 0. The van der Waals surface area contributed by atoms with Crippen LogP contribution in [0.5, 0.6) is 0 Å². The van der Waals surface area contributed by atoms with Gasteiger partial charge in [-0.15, -0.1) is 0 Å². The first-order valence-electron chi connectivity index (χ1n) is 7.78. The monoisotopic (exact) mass is 332 g/mol. The van der Waals surface area contributed by atoms with Crippen LogP contribution in [-0.2, 0) is 20.9 Å². The number of nitrogens with one attached hydrogen (secondary N) is 1. The van der Waals surface area contributed by atoms with Crippen LogP contribution in [0.3, 0.4) is 0 Å². The second-order valence-corrected chi connectivity index (χ2v) is 5.54. The molecule has 1 aliphatic rings. The van der Waals surface area contributed by atoms with Crippen molar-refractivity contribution in [3.63, 3.8) is 0 Å². The Bertz CT molecular complexity index is 624. The number of nitrogens with zero attached hydrogens (tertiary/aromatic N) is 3. The molecule has 1 atom stereocenters. The van der Waals surface area contributed by atoms with Crippen molar-refractivity contribution >= 4 is 12.1 Å². The molecular formula is C16H20N4O4. The molecule has 128 valence electrons. The van der Waals surface area contributed by atoms with E-state index in [0.717, 1.165) is 5.56 Å². The third kappa shape index (κ3) is 4.39. The Morgan fingerprint density at radius 3 is 2.62 bits per heavy atom. The lowest BCUT2D eigenvalue weighted by molar-refractivity contribution is -0.150. The number of hydrogen-bond acceptors (Lipinski definition) is 5. The maximum Gasteiger partial charge on any atom is 0.407 e. The summed E-state index contributed by atoms with van der Waals surface area (Å²) in [6.45, 7) is 2.14. The fraction of sp³-hybridized carbons (Fsp3) is 0.500. The van der Waals surface area contributed by atoms with Gasteiger partial charge in [-0.25, -0.2) is 4.79 Å². The summed E-state index contributed by atoms with van der Waals surface area (Å²) in [5, 5.41) is 6.21. The average molecular weight is 332 g/mol. The van der Waals surface area contributed by atoms with E-state index in [-0.39, 0.29) is 25.7 Å². The Hall–Kier alpha value is -2.73. The van der Waals surface area contributed by atoms with Crippen molar-refractivity contribution in [1.29, 1.82) is 0 Å². The van der Waals surface area contributed by atoms with Gasteiger partial charge in [-0.2, -0.15) is 0 Å². The van der Waals surface area contributed by atoms with Crippen LogP contribution in [0.15, 0.2) is 35.4 Å². The molecule has 0 aromatic heterocycles. The fourth-order valence-electron chi connectivity index (χ4n) is 2.45. The summed E-state index contributed by atoms with van der Waals surface area (Å²) < 4.78 is 10.1. The normalized spacial score (nSPS) is 15.5. The molecule has 1 aliphatic carbocycles. The molecule has 0 heterocycles. The first kappa shape index (κ1) is 17.6. The standard InChI is InChI=1S/C16H20N4O4/c1-2-23-14(21)16(8-9-16)13(19-20-17)10-18-15(22)24-11-12-6-4-3-5-7-12/h3-7,13H,2,8-11H2,1H3,(H,18,22)/t13-/m1/s1. The number of rotatable bonds is 8. The molecule has 0 unspecified atom stereocenters. The van der Waals surface area contributed by atoms with E-state index in [1.165, 1.54) is 0 Å². The Balaban J connectivity index is 1.86. The quantitative estimate of drug-likeness (QED) is 0.341. The Morgan fingerprint density at radius 1 is 1.33 bits per heavy atom. The number of hydrogen-bond donors (Lipinski definition) is 1. The molecule has 1 N–H and O–H groups in total. The maximum absolute atomic E-state index is 12.0. The van der Waals surface area contributed by atoms with E-state index in [0.29, 0.717) is 12.8 Å². The highest BCUT2D eigenvalue weighted by Crippen LogP contribution is 2.51. The molecular weight excluding hydrogens is 312 g/mol. The molecule has 8 heteroatoms. The van der Waals surface area contributed by atoms with Crippen LogP contribution in [0.1, 0.15) is 25.3 Å². The topological polar surface area (TPSA) is 113 Å². The zero-order valence-electron chi connectivity index (χ0n) is 13.5. The number of esters is 1. The van der Waals surface area contributed by atoms with Crippen LogP contribution < -0.4 is 5.32 Å². The van der Waals surface area contributed by atoms with Crippen molar-refractivity contribution in [3.05, 3.63) is 46.3 Å². The van der Waals surface area contributed by atoms with Gasteiger partial charge in [0.1, 0.15) is 6.61 Å². The van der Waals surface area contributed by atoms with Gasteiger partial charge in [0.05, 0.1) is 18.1 Å². The van der Waals surface area contributed by atoms with Gasteiger partial charge in [0, 0.05) is 11.5 Å². The van der Waals surface area contributed by atoms with Crippen molar-refractivity contribution in [2.24, 2.45) is 10.5 Å². The van der Waals surface area contributed by atoms with Gasteiger partial charge in [0.25, 0.3) is 0 Å². The minimum atomic E-state index is -0.824. The second-order valence-electron chi connectivity index (χ2n) is 5.54. The molecule has 2 rings (SSSR count). The number of carbonyl (C=O) groups excluding carboxylic acids is 2. The number of ether oxygens (including phenoxy) is 2. The molecule has 0 radical (unpaired) electrons. The Labute approximate surface area is 139 Å². The van der Waals surface area contributed by atoms with Gasteiger partial charge < -0.3 is 14.8 Å². The molecule has 1 aromatic rings. The Morgan fingerprint density at radius 2 is 2.04 bits per heavy atom. The minimum Gasteiger partial charge on any atom is -0.466 e. The van der Waals surface area contributed by atoms with Crippen molar-refractivity contribution in [3.8, 4) is 0 Å². The highest BCUT2D eigenvalue weighted by Gasteiger charge is 2.56. The van der Waals surface area contributed by atoms with Crippen LogP contribution in [0.25, 0.3) is 10.4 Å². The zero-order chi connectivity index (χ0) is 17.4. The number of benzene rings is 1.